The summed E-state index contributed by atoms with van der Waals surface area (Å²) in [5, 5.41) is 21.0. The molecule has 2 rings (SSSR count). The van der Waals surface area contributed by atoms with E-state index in [0.29, 0.717) is 6.54 Å². The highest BCUT2D eigenvalue weighted by atomic mass is 16.6. The lowest BCUT2D eigenvalue weighted by molar-refractivity contribution is -0.384. The molecule has 0 spiro atoms. The third-order valence-corrected chi connectivity index (χ3v) is 5.09. The molecular formula is C19H30N2O3. The summed E-state index contributed by atoms with van der Waals surface area (Å²) >= 11 is 0. The van der Waals surface area contributed by atoms with Crippen molar-refractivity contribution in [2.45, 2.75) is 58.0 Å². The molecule has 5 nitrogen and oxygen atoms in total. The summed E-state index contributed by atoms with van der Waals surface area (Å²) in [4.78, 5) is 12.6. The van der Waals surface area contributed by atoms with E-state index in [2.05, 4.69) is 11.8 Å². The molecule has 1 N–H and O–H groups in total. The fourth-order valence-corrected chi connectivity index (χ4v) is 3.49. The Balaban J connectivity index is 1.71. The Bertz CT molecular complexity index is 496. The van der Waals surface area contributed by atoms with Gasteiger partial charge in [0, 0.05) is 18.7 Å². The van der Waals surface area contributed by atoms with Crippen LogP contribution in [0.3, 0.4) is 0 Å². The van der Waals surface area contributed by atoms with E-state index in [-0.39, 0.29) is 5.69 Å². The molecule has 134 valence electrons. The van der Waals surface area contributed by atoms with Gasteiger partial charge in [0.1, 0.15) is 0 Å². The third-order valence-electron chi connectivity index (χ3n) is 5.09. The lowest BCUT2D eigenvalue weighted by Gasteiger charge is -2.33. The highest BCUT2D eigenvalue weighted by Gasteiger charge is 2.21. The van der Waals surface area contributed by atoms with Crippen molar-refractivity contribution in [3.8, 4) is 0 Å². The number of nitro benzene ring substituents is 1. The van der Waals surface area contributed by atoms with E-state index >= 15 is 0 Å². The molecule has 0 radical (unpaired) electrons. The molecule has 0 saturated carbocycles. The van der Waals surface area contributed by atoms with Crippen LogP contribution in [0.5, 0.6) is 0 Å². The van der Waals surface area contributed by atoms with Crippen LogP contribution in [0, 0.1) is 16.0 Å². The number of hydrogen-bond donors (Lipinski definition) is 1. The number of nitro groups is 1. The number of nitrogens with zero attached hydrogens (tertiary/aromatic N) is 2. The van der Waals surface area contributed by atoms with E-state index in [1.807, 2.05) is 0 Å². The third kappa shape index (κ3) is 5.87. The number of β-amino-alcohol motifs (C(OH)–C–C–N with tert-alkyl or cyclic N) is 1. The molecule has 1 aliphatic rings. The van der Waals surface area contributed by atoms with Gasteiger partial charge < -0.3 is 10.0 Å². The average molecular weight is 334 g/mol. The summed E-state index contributed by atoms with van der Waals surface area (Å²) in [5.41, 5.74) is 0.817. The quantitative estimate of drug-likeness (QED) is 0.415. The van der Waals surface area contributed by atoms with Gasteiger partial charge in [0.25, 0.3) is 5.69 Å². The molecule has 1 heterocycles. The fourth-order valence-electron chi connectivity index (χ4n) is 3.49. The van der Waals surface area contributed by atoms with Crippen molar-refractivity contribution in [2.24, 2.45) is 5.92 Å². The van der Waals surface area contributed by atoms with Crippen LogP contribution in [0.25, 0.3) is 0 Å². The number of likely N-dealkylation sites (tertiary alicyclic amines) is 1. The number of piperidine rings is 1. The molecular weight excluding hydrogens is 304 g/mol. The van der Waals surface area contributed by atoms with Gasteiger partial charge in [-0.05, 0) is 49.5 Å². The van der Waals surface area contributed by atoms with Gasteiger partial charge in [-0.15, -0.1) is 0 Å². The van der Waals surface area contributed by atoms with Crippen LogP contribution in [0.4, 0.5) is 5.69 Å². The predicted octanol–water partition coefficient (Wildman–Crippen LogP) is 4.31. The normalized spacial score (nSPS) is 17.8. The van der Waals surface area contributed by atoms with Crippen LogP contribution < -0.4 is 0 Å². The average Bonchev–Trinajstić information content (AvgIpc) is 2.60. The molecule has 1 aromatic rings. The van der Waals surface area contributed by atoms with Crippen LogP contribution in [0.1, 0.15) is 63.5 Å². The maximum absolute atomic E-state index is 10.7. The van der Waals surface area contributed by atoms with E-state index in [1.54, 1.807) is 12.1 Å². The van der Waals surface area contributed by atoms with Gasteiger partial charge in [0.15, 0.2) is 0 Å². The van der Waals surface area contributed by atoms with Gasteiger partial charge in [-0.25, -0.2) is 0 Å². The molecule has 0 bridgehead atoms. The highest BCUT2D eigenvalue weighted by Crippen LogP contribution is 2.25. The number of non-ortho nitro benzene ring substituents is 1. The summed E-state index contributed by atoms with van der Waals surface area (Å²) < 4.78 is 0. The molecule has 1 aromatic carbocycles. The monoisotopic (exact) mass is 334 g/mol. The van der Waals surface area contributed by atoms with Crippen molar-refractivity contribution in [2.75, 3.05) is 19.6 Å². The number of hydrogen-bond acceptors (Lipinski definition) is 4. The van der Waals surface area contributed by atoms with Crippen molar-refractivity contribution in [3.05, 3.63) is 39.9 Å². The smallest absolute Gasteiger partial charge is 0.269 e. The van der Waals surface area contributed by atoms with Crippen molar-refractivity contribution in [1.82, 2.24) is 4.90 Å². The second-order valence-electron chi connectivity index (χ2n) is 6.96. The molecule has 1 aliphatic heterocycles. The minimum atomic E-state index is -0.577. The van der Waals surface area contributed by atoms with E-state index in [4.69, 9.17) is 0 Å². The minimum Gasteiger partial charge on any atom is -0.387 e. The number of unbranched alkanes of at least 4 members (excludes halogenated alkanes) is 3. The number of rotatable bonds is 9. The zero-order chi connectivity index (χ0) is 17.4. The molecule has 1 atom stereocenters. The summed E-state index contributed by atoms with van der Waals surface area (Å²) in [6, 6.07) is 6.23. The van der Waals surface area contributed by atoms with Crippen LogP contribution in [0.2, 0.25) is 0 Å². The van der Waals surface area contributed by atoms with Crippen molar-refractivity contribution < 1.29 is 10.0 Å². The summed E-state index contributed by atoms with van der Waals surface area (Å²) in [7, 11) is 0. The maximum Gasteiger partial charge on any atom is 0.269 e. The molecule has 1 saturated heterocycles. The molecule has 0 amide bonds. The molecule has 24 heavy (non-hydrogen) atoms. The van der Waals surface area contributed by atoms with Gasteiger partial charge in [-0.1, -0.05) is 39.0 Å². The van der Waals surface area contributed by atoms with Gasteiger partial charge in [-0.3, -0.25) is 10.1 Å². The topological polar surface area (TPSA) is 66.6 Å². The number of aliphatic hydroxyl groups is 1. The first kappa shape index (κ1) is 18.9. The van der Waals surface area contributed by atoms with Crippen molar-refractivity contribution in [1.29, 1.82) is 0 Å². The Hall–Kier alpha value is -1.46. The lowest BCUT2D eigenvalue weighted by Crippen LogP contribution is -2.36. The van der Waals surface area contributed by atoms with E-state index in [1.165, 1.54) is 57.1 Å². The predicted molar refractivity (Wildman–Crippen MR) is 96.0 cm³/mol. The SMILES string of the molecule is CCCCCCC1CCN(C[C@H](O)c2ccc([N+](=O)[O-])cc2)CC1. The largest absolute Gasteiger partial charge is 0.387 e. The summed E-state index contributed by atoms with van der Waals surface area (Å²) in [6.07, 6.45) is 8.56. The van der Waals surface area contributed by atoms with Gasteiger partial charge >= 0.3 is 0 Å². The second kappa shape index (κ2) is 9.74. The Kier molecular flexibility index (Phi) is 7.66. The zero-order valence-electron chi connectivity index (χ0n) is 14.7. The van der Waals surface area contributed by atoms with Crippen LogP contribution >= 0.6 is 0 Å². The zero-order valence-corrected chi connectivity index (χ0v) is 14.7. The minimum absolute atomic E-state index is 0.0647. The first-order chi connectivity index (χ1) is 11.6. The summed E-state index contributed by atoms with van der Waals surface area (Å²) in [6.45, 7) is 4.94. The first-order valence-corrected chi connectivity index (χ1v) is 9.25. The Morgan fingerprint density at radius 3 is 2.46 bits per heavy atom. The van der Waals surface area contributed by atoms with E-state index < -0.39 is 11.0 Å². The maximum atomic E-state index is 10.7. The molecule has 0 unspecified atom stereocenters. The van der Waals surface area contributed by atoms with E-state index in [9.17, 15) is 15.2 Å². The first-order valence-electron chi connectivity index (χ1n) is 9.25. The molecule has 1 fully saturated rings. The van der Waals surface area contributed by atoms with Gasteiger partial charge in [-0.2, -0.15) is 0 Å². The summed E-state index contributed by atoms with van der Waals surface area (Å²) in [5.74, 6) is 0.842. The van der Waals surface area contributed by atoms with Gasteiger partial charge in [0.2, 0.25) is 0 Å². The second-order valence-corrected chi connectivity index (χ2v) is 6.96. The molecule has 5 heteroatoms. The standard InChI is InChI=1S/C19H30N2O3/c1-2-3-4-5-6-16-11-13-20(14-12-16)15-19(22)17-7-9-18(10-8-17)21(23)24/h7-10,16,19,22H,2-6,11-15H2,1H3/t19-/m0/s1. The lowest BCUT2D eigenvalue weighted by atomic mass is 9.91. The Labute approximate surface area is 144 Å². The Morgan fingerprint density at radius 1 is 1.21 bits per heavy atom. The molecule has 0 aromatic heterocycles. The highest BCUT2D eigenvalue weighted by molar-refractivity contribution is 5.33. The van der Waals surface area contributed by atoms with E-state index in [0.717, 1.165) is 24.6 Å². The Morgan fingerprint density at radius 2 is 1.88 bits per heavy atom. The van der Waals surface area contributed by atoms with Crippen LogP contribution in [0.15, 0.2) is 24.3 Å². The van der Waals surface area contributed by atoms with Crippen molar-refractivity contribution in [3.63, 3.8) is 0 Å². The van der Waals surface area contributed by atoms with Crippen LogP contribution in [-0.2, 0) is 0 Å². The van der Waals surface area contributed by atoms with Crippen molar-refractivity contribution >= 4 is 5.69 Å². The number of benzene rings is 1. The fraction of sp³-hybridized carbons (Fsp3) is 0.684. The van der Waals surface area contributed by atoms with Gasteiger partial charge in [0.05, 0.1) is 11.0 Å². The number of aliphatic hydroxyl groups excluding tert-OH is 1. The van der Waals surface area contributed by atoms with Crippen LogP contribution in [-0.4, -0.2) is 34.6 Å². The molecule has 0 aliphatic carbocycles.